The van der Waals surface area contributed by atoms with Gasteiger partial charge in [0.2, 0.25) is 0 Å². The normalized spacial score (nSPS) is 23.1. The highest BCUT2D eigenvalue weighted by molar-refractivity contribution is 5.95. The summed E-state index contributed by atoms with van der Waals surface area (Å²) in [5.74, 6) is -0.191. The smallest absolute Gasteiger partial charge is 0.416 e. The Morgan fingerprint density at radius 3 is 2.58 bits per heavy atom. The van der Waals surface area contributed by atoms with Crippen LogP contribution in [0, 0.1) is 0 Å². The van der Waals surface area contributed by atoms with Crippen molar-refractivity contribution in [2.75, 3.05) is 47.1 Å². The van der Waals surface area contributed by atoms with Crippen LogP contribution in [-0.4, -0.2) is 87.3 Å². The number of nitrogens with two attached hydrogens (primary N) is 1. The molecule has 3 aliphatic rings. The van der Waals surface area contributed by atoms with Crippen molar-refractivity contribution in [2.24, 2.45) is 10.7 Å². The molecule has 0 aromatic heterocycles. The lowest BCUT2D eigenvalue weighted by atomic mass is 9.96. The number of rotatable bonds is 8. The predicted molar refractivity (Wildman–Crippen MR) is 144 cm³/mol. The molecule has 1 amide bonds. The first-order valence-corrected chi connectivity index (χ1v) is 13.5. The average Bonchev–Trinajstić information content (AvgIpc) is 2.96. The van der Waals surface area contributed by atoms with Crippen molar-refractivity contribution < 1.29 is 32.2 Å². The van der Waals surface area contributed by atoms with E-state index in [2.05, 4.69) is 16.9 Å². The molecule has 1 aromatic rings. The van der Waals surface area contributed by atoms with Gasteiger partial charge in [-0.05, 0) is 48.9 Å². The van der Waals surface area contributed by atoms with Crippen molar-refractivity contribution in [3.63, 3.8) is 0 Å². The summed E-state index contributed by atoms with van der Waals surface area (Å²) in [4.78, 5) is 21.3. The number of amides is 1. The molecule has 0 unspecified atom stereocenters. The quantitative estimate of drug-likeness (QED) is 0.164. The van der Waals surface area contributed by atoms with Crippen LogP contribution in [0.5, 0.6) is 0 Å². The number of piperidine rings is 1. The first kappa shape index (κ1) is 29.9. The third kappa shape index (κ3) is 6.79. The number of ether oxygens (including phenoxy) is 3. The number of aliphatic imine (C=N–C) groups is 1. The second-order valence-corrected chi connectivity index (χ2v) is 10.2. The molecule has 9 nitrogen and oxygen atoms in total. The molecule has 2 saturated heterocycles. The number of methoxy groups -OCH3 is 2. The Hall–Kier alpha value is -3.09. The highest BCUT2D eigenvalue weighted by atomic mass is 19.4. The molecule has 3 N–H and O–H groups in total. The van der Waals surface area contributed by atoms with Crippen molar-refractivity contribution >= 4 is 12.2 Å². The largest absolute Gasteiger partial charge is 0.492 e. The molecule has 3 aliphatic heterocycles. The van der Waals surface area contributed by atoms with E-state index in [-0.39, 0.29) is 42.1 Å². The molecule has 2 fully saturated rings. The van der Waals surface area contributed by atoms with Crippen molar-refractivity contribution in [2.45, 2.75) is 56.6 Å². The zero-order chi connectivity index (χ0) is 28.9. The van der Waals surface area contributed by atoms with Gasteiger partial charge in [0.1, 0.15) is 0 Å². The fraction of sp³-hybridized carbons (Fsp3) is 0.571. The number of alkyl halides is 3. The molecule has 40 heavy (non-hydrogen) atoms. The molecule has 1 aromatic carbocycles. The summed E-state index contributed by atoms with van der Waals surface area (Å²) < 4.78 is 56.5. The fourth-order valence-corrected chi connectivity index (χ4v) is 5.58. The molecule has 2 atom stereocenters. The molecule has 0 aliphatic carbocycles. The van der Waals surface area contributed by atoms with Gasteiger partial charge in [-0.1, -0.05) is 12.6 Å². The van der Waals surface area contributed by atoms with E-state index in [0.717, 1.165) is 37.2 Å². The van der Waals surface area contributed by atoms with Crippen molar-refractivity contribution in [3.8, 4) is 0 Å². The number of nitrogens with zero attached hydrogens (tertiary/aromatic N) is 3. The molecule has 4 rings (SSSR count). The summed E-state index contributed by atoms with van der Waals surface area (Å²) >= 11 is 0. The minimum atomic E-state index is -4.43. The lowest BCUT2D eigenvalue weighted by molar-refractivity contribution is -0.137. The summed E-state index contributed by atoms with van der Waals surface area (Å²) in [5.41, 5.74) is 6.70. The molecular formula is C28H38F3N5O4. The maximum atomic E-state index is 13.6. The molecule has 0 radical (unpaired) electrons. The Morgan fingerprint density at radius 1 is 1.18 bits per heavy atom. The molecule has 0 saturated carbocycles. The number of carbonyl (C=O) groups excluding carboxylic acids is 1. The Balaban J connectivity index is 1.45. The lowest BCUT2D eigenvalue weighted by Crippen LogP contribution is -2.54. The van der Waals surface area contributed by atoms with Crippen LogP contribution in [0.3, 0.4) is 0 Å². The molecule has 0 bridgehead atoms. The van der Waals surface area contributed by atoms with Gasteiger partial charge in [0.25, 0.3) is 5.91 Å². The van der Waals surface area contributed by atoms with E-state index in [1.807, 2.05) is 0 Å². The second kappa shape index (κ2) is 13.0. The van der Waals surface area contributed by atoms with E-state index in [9.17, 15) is 18.0 Å². The Morgan fingerprint density at radius 2 is 1.93 bits per heavy atom. The predicted octanol–water partition coefficient (Wildman–Crippen LogP) is 2.81. The molecule has 12 heteroatoms. The van der Waals surface area contributed by atoms with Crippen LogP contribution in [0.15, 0.2) is 46.9 Å². The second-order valence-electron chi connectivity index (χ2n) is 10.2. The third-order valence-electron chi connectivity index (χ3n) is 7.85. The number of nitrogens with one attached hydrogen (secondary N) is 1. The van der Waals surface area contributed by atoms with E-state index < -0.39 is 11.7 Å². The first-order valence-electron chi connectivity index (χ1n) is 13.5. The maximum absolute atomic E-state index is 13.6. The zero-order valence-electron chi connectivity index (χ0n) is 23.0. The number of fused-ring (bicyclic) bond motifs is 1. The molecule has 0 spiro atoms. The Kier molecular flexibility index (Phi) is 9.75. The van der Waals surface area contributed by atoms with E-state index in [4.69, 9.17) is 19.9 Å². The number of hydrogen-bond donors (Lipinski definition) is 2. The van der Waals surface area contributed by atoms with Crippen molar-refractivity contribution in [1.29, 1.82) is 0 Å². The minimum Gasteiger partial charge on any atom is -0.492 e. The number of hydrogen-bond acceptors (Lipinski definition) is 7. The molecular weight excluding hydrogens is 527 g/mol. The van der Waals surface area contributed by atoms with E-state index in [0.29, 0.717) is 50.5 Å². The van der Waals surface area contributed by atoms with Crippen LogP contribution in [0.2, 0.25) is 0 Å². The van der Waals surface area contributed by atoms with Crippen LogP contribution in [0.25, 0.3) is 0 Å². The van der Waals surface area contributed by atoms with Crippen LogP contribution in [-0.2, 0) is 38.1 Å². The number of carbonyl (C=O) groups is 1. The van der Waals surface area contributed by atoms with E-state index in [1.54, 1.807) is 16.9 Å². The lowest BCUT2D eigenvalue weighted by Gasteiger charge is -2.38. The number of benzene rings is 1. The van der Waals surface area contributed by atoms with Gasteiger partial charge in [-0.3, -0.25) is 4.79 Å². The average molecular weight is 566 g/mol. The van der Waals surface area contributed by atoms with Crippen molar-refractivity contribution in [1.82, 2.24) is 15.1 Å². The minimum absolute atomic E-state index is 0.00100. The van der Waals surface area contributed by atoms with Crippen LogP contribution < -0.4 is 11.1 Å². The summed E-state index contributed by atoms with van der Waals surface area (Å²) in [6.45, 7) is 7.11. The topological polar surface area (TPSA) is 102 Å². The third-order valence-corrected chi connectivity index (χ3v) is 7.85. The van der Waals surface area contributed by atoms with Gasteiger partial charge in [-0.2, -0.15) is 13.2 Å². The number of halogens is 3. The zero-order valence-corrected chi connectivity index (χ0v) is 23.0. The van der Waals surface area contributed by atoms with Crippen LogP contribution in [0.1, 0.15) is 36.0 Å². The summed E-state index contributed by atoms with van der Waals surface area (Å²) in [6.07, 6.45) is -0.484. The van der Waals surface area contributed by atoms with Crippen LogP contribution in [0.4, 0.5) is 13.2 Å². The van der Waals surface area contributed by atoms with E-state index in [1.165, 1.54) is 19.2 Å². The van der Waals surface area contributed by atoms with E-state index >= 15 is 0 Å². The standard InChI is InChI=1S/C28H38F3N5O4/c1-18(36-10-6-19-4-5-21(28(29,30)31)14-20(19)15-36)26(39-3)25(33-17-32)27(37)35-11-7-22(8-12-35)34-23-9-13-40-16-24(23)38-2/h4-5,14,17,22-24,34H,1,6-13,15-16H2,2-3H3,(H2,32,33)/b26-25+/t23-,24+/m1/s1. The van der Waals surface area contributed by atoms with Gasteiger partial charge in [-0.15, -0.1) is 0 Å². The first-order chi connectivity index (χ1) is 19.2. The Labute approximate surface area is 232 Å². The van der Waals surface area contributed by atoms with Crippen LogP contribution >= 0.6 is 0 Å². The van der Waals surface area contributed by atoms with Gasteiger partial charge in [-0.25, -0.2) is 4.99 Å². The summed E-state index contributed by atoms with van der Waals surface area (Å²) in [5, 5.41) is 3.67. The highest BCUT2D eigenvalue weighted by Crippen LogP contribution is 2.34. The monoisotopic (exact) mass is 565 g/mol. The number of likely N-dealkylation sites (tertiary alicyclic amines) is 1. The van der Waals surface area contributed by atoms with Gasteiger partial charge in [0.15, 0.2) is 11.5 Å². The highest BCUT2D eigenvalue weighted by Gasteiger charge is 2.34. The Bertz CT molecular complexity index is 1130. The summed E-state index contributed by atoms with van der Waals surface area (Å²) in [6, 6.07) is 4.24. The SMILES string of the molecule is C=C(/C(OC)=C(\N=C/N)C(=O)N1CCC(N[C@@H]2CCOC[C@@H]2OC)CC1)N1CCc2ccc(C(F)(F)F)cc2C1. The van der Waals surface area contributed by atoms with Gasteiger partial charge >= 0.3 is 6.18 Å². The maximum Gasteiger partial charge on any atom is 0.416 e. The molecule has 220 valence electrons. The van der Waals surface area contributed by atoms with Crippen molar-refractivity contribution in [3.05, 3.63) is 58.6 Å². The fourth-order valence-electron chi connectivity index (χ4n) is 5.58. The van der Waals surface area contributed by atoms with Gasteiger partial charge < -0.3 is 35.1 Å². The van der Waals surface area contributed by atoms with Gasteiger partial charge in [0.05, 0.1) is 37.4 Å². The summed E-state index contributed by atoms with van der Waals surface area (Å²) in [7, 11) is 3.10. The van der Waals surface area contributed by atoms with Gasteiger partial charge in [0, 0.05) is 52.0 Å². The molecule has 3 heterocycles.